The van der Waals surface area contributed by atoms with Crippen LogP contribution in [0.15, 0.2) is 30.3 Å². The van der Waals surface area contributed by atoms with Crippen molar-refractivity contribution in [2.45, 2.75) is 25.3 Å². The minimum Gasteiger partial charge on any atom is -0.336 e. The van der Waals surface area contributed by atoms with E-state index < -0.39 is 5.50 Å². The molecule has 1 amide bonds. The fourth-order valence-electron chi connectivity index (χ4n) is 1.15. The molecule has 0 saturated heterocycles. The molecule has 0 aliphatic heterocycles. The lowest BCUT2D eigenvalue weighted by Gasteiger charge is -2.11. The Bertz CT molecular complexity index is 287. The van der Waals surface area contributed by atoms with Crippen LogP contribution in [0, 0.1) is 0 Å². The highest BCUT2D eigenvalue weighted by atomic mass is 35.5. The molecule has 1 aromatic carbocycles. The van der Waals surface area contributed by atoms with Gasteiger partial charge in [-0.05, 0) is 12.0 Å². The van der Waals surface area contributed by atoms with Crippen LogP contribution in [0.25, 0.3) is 0 Å². The van der Waals surface area contributed by atoms with Gasteiger partial charge in [0.15, 0.2) is 0 Å². The second kappa shape index (κ2) is 5.66. The van der Waals surface area contributed by atoms with Gasteiger partial charge in [0.2, 0.25) is 5.91 Å². The van der Waals surface area contributed by atoms with Crippen LogP contribution in [0.3, 0.4) is 0 Å². The number of benzene rings is 1. The molecule has 3 heteroatoms. The van der Waals surface area contributed by atoms with Gasteiger partial charge < -0.3 is 5.32 Å². The van der Waals surface area contributed by atoms with Gasteiger partial charge in [-0.25, -0.2) is 0 Å². The second-order valence-corrected chi connectivity index (χ2v) is 3.53. The molecular weight excluding hydrogens is 198 g/mol. The summed E-state index contributed by atoms with van der Waals surface area (Å²) in [6, 6.07) is 9.50. The maximum absolute atomic E-state index is 11.2. The number of rotatable bonds is 4. The third kappa shape index (κ3) is 3.38. The van der Waals surface area contributed by atoms with Crippen molar-refractivity contribution in [1.29, 1.82) is 0 Å². The van der Waals surface area contributed by atoms with Crippen LogP contribution in [0.1, 0.15) is 30.8 Å². The lowest BCUT2D eigenvalue weighted by Crippen LogP contribution is -2.24. The lowest BCUT2D eigenvalue weighted by atomic mass is 10.2. The minimum atomic E-state index is -0.421. The molecule has 14 heavy (non-hydrogen) atoms. The lowest BCUT2D eigenvalue weighted by molar-refractivity contribution is -0.121. The molecule has 0 spiro atoms. The molecule has 1 aromatic rings. The van der Waals surface area contributed by atoms with Gasteiger partial charge in [-0.3, -0.25) is 4.79 Å². The van der Waals surface area contributed by atoms with Crippen LogP contribution >= 0.6 is 11.6 Å². The average molecular weight is 212 g/mol. The molecule has 1 rings (SSSR count). The molecule has 0 radical (unpaired) electrons. The summed E-state index contributed by atoms with van der Waals surface area (Å²) >= 11 is 6.00. The van der Waals surface area contributed by atoms with Gasteiger partial charge >= 0.3 is 0 Å². The molecule has 76 valence electrons. The van der Waals surface area contributed by atoms with Crippen molar-refractivity contribution in [2.75, 3.05) is 0 Å². The molecule has 1 N–H and O–H groups in total. The summed E-state index contributed by atoms with van der Waals surface area (Å²) in [4.78, 5) is 11.2. The van der Waals surface area contributed by atoms with Crippen LogP contribution in [0.2, 0.25) is 0 Å². The Balaban J connectivity index is 2.50. The third-order valence-electron chi connectivity index (χ3n) is 1.86. The first-order valence-electron chi connectivity index (χ1n) is 4.72. The molecule has 1 unspecified atom stereocenters. The van der Waals surface area contributed by atoms with Gasteiger partial charge in [0, 0.05) is 6.42 Å². The first-order chi connectivity index (χ1) is 6.74. The van der Waals surface area contributed by atoms with Crippen LogP contribution in [0.5, 0.6) is 0 Å². The maximum Gasteiger partial charge on any atom is 0.221 e. The number of nitrogens with one attached hydrogen (secondary N) is 1. The van der Waals surface area contributed by atoms with Crippen molar-refractivity contribution in [2.24, 2.45) is 0 Å². The first-order valence-corrected chi connectivity index (χ1v) is 5.16. The van der Waals surface area contributed by atoms with Crippen LogP contribution in [-0.4, -0.2) is 5.91 Å². The zero-order chi connectivity index (χ0) is 10.4. The molecule has 0 heterocycles. The Morgan fingerprint density at radius 3 is 2.64 bits per heavy atom. The summed E-state index contributed by atoms with van der Waals surface area (Å²) in [6.45, 7) is 1.96. The number of amides is 1. The standard InChI is InChI=1S/C11H14ClNO/c1-2-6-10(14)13-11(12)9-7-4-3-5-8-9/h3-5,7-8,11H,2,6H2,1H3,(H,13,14). The van der Waals surface area contributed by atoms with E-state index >= 15 is 0 Å². The van der Waals surface area contributed by atoms with E-state index in [1.807, 2.05) is 37.3 Å². The fourth-order valence-corrected chi connectivity index (χ4v) is 1.41. The Labute approximate surface area is 89.3 Å². The van der Waals surface area contributed by atoms with E-state index in [9.17, 15) is 4.79 Å². The summed E-state index contributed by atoms with van der Waals surface area (Å²) in [5.74, 6) is -0.00338. The highest BCUT2D eigenvalue weighted by molar-refractivity contribution is 6.21. The van der Waals surface area contributed by atoms with Crippen LogP contribution in [-0.2, 0) is 4.79 Å². The molecular formula is C11H14ClNO. The zero-order valence-corrected chi connectivity index (χ0v) is 8.92. The van der Waals surface area contributed by atoms with Gasteiger partial charge in [0.25, 0.3) is 0 Å². The van der Waals surface area contributed by atoms with Gasteiger partial charge in [0.05, 0.1) is 0 Å². The van der Waals surface area contributed by atoms with E-state index in [2.05, 4.69) is 5.32 Å². The van der Waals surface area contributed by atoms with Gasteiger partial charge in [-0.15, -0.1) is 0 Å². The normalized spacial score (nSPS) is 12.1. The quantitative estimate of drug-likeness (QED) is 0.602. The van der Waals surface area contributed by atoms with Gasteiger partial charge in [-0.1, -0.05) is 48.9 Å². The Morgan fingerprint density at radius 1 is 1.43 bits per heavy atom. The molecule has 0 aliphatic carbocycles. The molecule has 0 aliphatic rings. The summed E-state index contributed by atoms with van der Waals surface area (Å²) < 4.78 is 0. The smallest absolute Gasteiger partial charge is 0.221 e. The highest BCUT2D eigenvalue weighted by Crippen LogP contribution is 2.16. The summed E-state index contributed by atoms with van der Waals surface area (Å²) in [6.07, 6.45) is 1.36. The maximum atomic E-state index is 11.2. The number of carbonyl (C=O) groups is 1. The van der Waals surface area contributed by atoms with E-state index in [1.165, 1.54) is 0 Å². The van der Waals surface area contributed by atoms with E-state index in [-0.39, 0.29) is 5.91 Å². The Morgan fingerprint density at radius 2 is 2.07 bits per heavy atom. The van der Waals surface area contributed by atoms with Crippen LogP contribution < -0.4 is 5.32 Å². The van der Waals surface area contributed by atoms with Crippen molar-refractivity contribution in [3.8, 4) is 0 Å². The molecule has 0 aromatic heterocycles. The van der Waals surface area contributed by atoms with Crippen molar-refractivity contribution < 1.29 is 4.79 Å². The second-order valence-electron chi connectivity index (χ2n) is 3.09. The average Bonchev–Trinajstić information content (AvgIpc) is 2.19. The van der Waals surface area contributed by atoms with Crippen LogP contribution in [0.4, 0.5) is 0 Å². The SMILES string of the molecule is CCCC(=O)NC(Cl)c1ccccc1. The number of hydrogen-bond acceptors (Lipinski definition) is 1. The summed E-state index contributed by atoms with van der Waals surface area (Å²) in [5, 5.41) is 2.72. The van der Waals surface area contributed by atoms with Gasteiger partial charge in [-0.2, -0.15) is 0 Å². The predicted octanol–water partition coefficient (Wildman–Crippen LogP) is 2.84. The zero-order valence-electron chi connectivity index (χ0n) is 8.16. The molecule has 1 atom stereocenters. The molecule has 0 fully saturated rings. The molecule has 0 bridgehead atoms. The van der Waals surface area contributed by atoms with Crippen molar-refractivity contribution in [3.63, 3.8) is 0 Å². The Kier molecular flexibility index (Phi) is 4.47. The number of carbonyl (C=O) groups excluding carboxylic acids is 1. The monoisotopic (exact) mass is 211 g/mol. The van der Waals surface area contributed by atoms with E-state index in [0.29, 0.717) is 6.42 Å². The van der Waals surface area contributed by atoms with Crippen molar-refractivity contribution in [3.05, 3.63) is 35.9 Å². The van der Waals surface area contributed by atoms with E-state index in [4.69, 9.17) is 11.6 Å². The first kappa shape index (κ1) is 11.1. The van der Waals surface area contributed by atoms with Gasteiger partial charge in [0.1, 0.15) is 5.50 Å². The number of halogens is 1. The topological polar surface area (TPSA) is 29.1 Å². The molecule has 0 saturated carbocycles. The van der Waals surface area contributed by atoms with E-state index in [1.54, 1.807) is 0 Å². The fraction of sp³-hybridized carbons (Fsp3) is 0.364. The summed E-state index contributed by atoms with van der Waals surface area (Å²) in [5.41, 5.74) is 0.494. The molecule has 2 nitrogen and oxygen atoms in total. The third-order valence-corrected chi connectivity index (χ3v) is 2.22. The van der Waals surface area contributed by atoms with Crippen molar-refractivity contribution in [1.82, 2.24) is 5.32 Å². The summed E-state index contributed by atoms with van der Waals surface area (Å²) in [7, 11) is 0. The Hall–Kier alpha value is -1.02. The minimum absolute atomic E-state index is 0.00338. The number of hydrogen-bond donors (Lipinski definition) is 1. The largest absolute Gasteiger partial charge is 0.336 e. The van der Waals surface area contributed by atoms with Crippen molar-refractivity contribution >= 4 is 17.5 Å². The predicted molar refractivity (Wildman–Crippen MR) is 58.1 cm³/mol. The van der Waals surface area contributed by atoms with E-state index in [0.717, 1.165) is 12.0 Å². The highest BCUT2D eigenvalue weighted by Gasteiger charge is 2.09. The number of alkyl halides is 1.